The highest BCUT2D eigenvalue weighted by molar-refractivity contribution is 9.10. The number of hydrogen-bond acceptors (Lipinski definition) is 4. The molecular weight excluding hydrogens is 258 g/mol. The molecule has 0 aliphatic heterocycles. The highest BCUT2D eigenvalue weighted by Crippen LogP contribution is 2.17. The van der Waals surface area contributed by atoms with Gasteiger partial charge >= 0.3 is 0 Å². The number of rotatable bonds is 3. The minimum absolute atomic E-state index is 0.638. The lowest BCUT2D eigenvalue weighted by molar-refractivity contribution is 0.810. The predicted octanol–water partition coefficient (Wildman–Crippen LogP) is 1.58. The summed E-state index contributed by atoms with van der Waals surface area (Å²) in [7, 11) is 1.96. The minimum atomic E-state index is 0.638. The van der Waals surface area contributed by atoms with Crippen LogP contribution in [0.25, 0.3) is 0 Å². The van der Waals surface area contributed by atoms with Gasteiger partial charge in [0.2, 0.25) is 0 Å². The molecule has 2 aromatic heterocycles. The van der Waals surface area contributed by atoms with Crippen LogP contribution < -0.4 is 5.32 Å². The Bertz CT molecular complexity index is 453. The molecule has 2 heterocycles. The maximum absolute atomic E-state index is 4.20. The van der Waals surface area contributed by atoms with Crippen molar-refractivity contribution in [3.63, 3.8) is 0 Å². The number of nitrogens with one attached hydrogen (secondary N) is 1. The maximum atomic E-state index is 4.20. The summed E-state index contributed by atoms with van der Waals surface area (Å²) in [5.74, 6) is 1.73. The summed E-state index contributed by atoms with van der Waals surface area (Å²) in [6.45, 7) is 0.638. The van der Waals surface area contributed by atoms with E-state index in [1.54, 1.807) is 12.4 Å². The van der Waals surface area contributed by atoms with Crippen molar-refractivity contribution in [1.82, 2.24) is 19.5 Å². The number of aromatic nitrogens is 4. The second-order valence-electron chi connectivity index (χ2n) is 3.03. The van der Waals surface area contributed by atoms with Crippen molar-refractivity contribution in [1.29, 1.82) is 0 Å². The van der Waals surface area contributed by atoms with Gasteiger partial charge in [-0.2, -0.15) is 0 Å². The number of nitrogens with zero attached hydrogens (tertiary/aromatic N) is 4. The summed E-state index contributed by atoms with van der Waals surface area (Å²) in [5.41, 5.74) is 0. The molecule has 0 aliphatic carbocycles. The van der Waals surface area contributed by atoms with Gasteiger partial charge in [0, 0.05) is 25.6 Å². The van der Waals surface area contributed by atoms with Gasteiger partial charge in [-0.1, -0.05) is 0 Å². The van der Waals surface area contributed by atoms with E-state index in [0.29, 0.717) is 6.54 Å². The first-order valence-corrected chi connectivity index (χ1v) is 5.22. The molecule has 0 saturated heterocycles. The Morgan fingerprint density at radius 3 is 3.00 bits per heavy atom. The normalized spacial score (nSPS) is 10.3. The van der Waals surface area contributed by atoms with Gasteiger partial charge in [-0.05, 0) is 15.9 Å². The van der Waals surface area contributed by atoms with Crippen LogP contribution in [0.3, 0.4) is 0 Å². The van der Waals surface area contributed by atoms with Crippen molar-refractivity contribution >= 4 is 21.7 Å². The third-order valence-electron chi connectivity index (χ3n) is 2.00. The topological polar surface area (TPSA) is 55.6 Å². The van der Waals surface area contributed by atoms with Gasteiger partial charge in [0.15, 0.2) is 0 Å². The molecule has 0 aliphatic rings. The smallest absolute Gasteiger partial charge is 0.144 e. The van der Waals surface area contributed by atoms with Gasteiger partial charge in [0.1, 0.15) is 18.0 Å². The van der Waals surface area contributed by atoms with Crippen LogP contribution in [0.5, 0.6) is 0 Å². The average Bonchev–Trinajstić information content (AvgIpc) is 2.63. The molecule has 0 unspecified atom stereocenters. The monoisotopic (exact) mass is 267 g/mol. The quantitative estimate of drug-likeness (QED) is 0.918. The summed E-state index contributed by atoms with van der Waals surface area (Å²) >= 11 is 3.36. The van der Waals surface area contributed by atoms with Crippen LogP contribution in [0.2, 0.25) is 0 Å². The lowest BCUT2D eigenvalue weighted by Gasteiger charge is -2.06. The molecule has 0 fully saturated rings. The lowest BCUT2D eigenvalue weighted by atomic mass is 10.5. The van der Waals surface area contributed by atoms with E-state index in [0.717, 1.165) is 16.1 Å². The summed E-state index contributed by atoms with van der Waals surface area (Å²) in [6, 6.07) is 0. The van der Waals surface area contributed by atoms with E-state index in [1.165, 1.54) is 6.33 Å². The maximum Gasteiger partial charge on any atom is 0.144 e. The van der Waals surface area contributed by atoms with Crippen molar-refractivity contribution in [3.05, 3.63) is 35.2 Å². The first-order chi connectivity index (χ1) is 7.27. The van der Waals surface area contributed by atoms with Crippen LogP contribution in [0.15, 0.2) is 29.4 Å². The molecule has 0 atom stereocenters. The van der Waals surface area contributed by atoms with E-state index >= 15 is 0 Å². The Morgan fingerprint density at radius 2 is 2.33 bits per heavy atom. The lowest BCUT2D eigenvalue weighted by Crippen LogP contribution is -2.07. The molecule has 0 saturated carbocycles. The van der Waals surface area contributed by atoms with E-state index in [1.807, 2.05) is 17.8 Å². The van der Waals surface area contributed by atoms with Gasteiger partial charge in [-0.25, -0.2) is 15.0 Å². The fourth-order valence-electron chi connectivity index (χ4n) is 1.17. The standard InChI is InChI=1S/C9H10BrN5/c1-15-3-2-12-8(15)5-13-9-7(10)4-11-6-14-9/h2-4,6H,5H2,1H3,(H,11,13,14). The molecular formula is C9H10BrN5. The fraction of sp³-hybridized carbons (Fsp3) is 0.222. The van der Waals surface area contributed by atoms with Crippen molar-refractivity contribution in [2.45, 2.75) is 6.54 Å². The Hall–Kier alpha value is -1.43. The molecule has 78 valence electrons. The van der Waals surface area contributed by atoms with E-state index in [-0.39, 0.29) is 0 Å². The van der Waals surface area contributed by atoms with Crippen LogP contribution in [0.4, 0.5) is 5.82 Å². The molecule has 0 bridgehead atoms. The van der Waals surface area contributed by atoms with Gasteiger partial charge in [-0.15, -0.1) is 0 Å². The van der Waals surface area contributed by atoms with Crippen molar-refractivity contribution in [3.8, 4) is 0 Å². The second kappa shape index (κ2) is 4.39. The Balaban J connectivity index is 2.06. The first kappa shape index (κ1) is 10.1. The molecule has 0 spiro atoms. The largest absolute Gasteiger partial charge is 0.362 e. The second-order valence-corrected chi connectivity index (χ2v) is 3.88. The first-order valence-electron chi connectivity index (χ1n) is 4.43. The molecule has 5 nitrogen and oxygen atoms in total. The fourth-order valence-corrected chi connectivity index (χ4v) is 1.53. The van der Waals surface area contributed by atoms with E-state index < -0.39 is 0 Å². The number of hydrogen-bond donors (Lipinski definition) is 1. The third kappa shape index (κ3) is 2.33. The number of anilines is 1. The zero-order chi connectivity index (χ0) is 10.7. The highest BCUT2D eigenvalue weighted by Gasteiger charge is 2.02. The average molecular weight is 268 g/mol. The van der Waals surface area contributed by atoms with E-state index in [2.05, 4.69) is 36.2 Å². The van der Waals surface area contributed by atoms with Gasteiger partial charge in [0.25, 0.3) is 0 Å². The van der Waals surface area contributed by atoms with Crippen LogP contribution in [0, 0.1) is 0 Å². The van der Waals surface area contributed by atoms with Crippen LogP contribution in [0.1, 0.15) is 5.82 Å². The zero-order valence-corrected chi connectivity index (χ0v) is 9.77. The van der Waals surface area contributed by atoms with Crippen LogP contribution in [-0.4, -0.2) is 19.5 Å². The number of halogens is 1. The van der Waals surface area contributed by atoms with Crippen molar-refractivity contribution in [2.75, 3.05) is 5.32 Å². The SMILES string of the molecule is Cn1ccnc1CNc1ncncc1Br. The highest BCUT2D eigenvalue weighted by atomic mass is 79.9. The third-order valence-corrected chi connectivity index (χ3v) is 2.58. The minimum Gasteiger partial charge on any atom is -0.362 e. The zero-order valence-electron chi connectivity index (χ0n) is 8.18. The molecule has 0 aromatic carbocycles. The number of aryl methyl sites for hydroxylation is 1. The van der Waals surface area contributed by atoms with E-state index in [4.69, 9.17) is 0 Å². The van der Waals surface area contributed by atoms with Crippen LogP contribution in [-0.2, 0) is 13.6 Å². The van der Waals surface area contributed by atoms with Crippen molar-refractivity contribution < 1.29 is 0 Å². The van der Waals surface area contributed by atoms with Gasteiger partial charge in [-0.3, -0.25) is 0 Å². The van der Waals surface area contributed by atoms with Gasteiger partial charge < -0.3 is 9.88 Å². The Morgan fingerprint density at radius 1 is 1.47 bits per heavy atom. The molecule has 2 aromatic rings. The summed E-state index contributed by atoms with van der Waals surface area (Å²) in [6.07, 6.45) is 6.89. The summed E-state index contributed by atoms with van der Waals surface area (Å²) in [4.78, 5) is 12.2. The number of imidazole rings is 1. The van der Waals surface area contributed by atoms with Crippen molar-refractivity contribution in [2.24, 2.45) is 7.05 Å². The molecule has 15 heavy (non-hydrogen) atoms. The van der Waals surface area contributed by atoms with Crippen LogP contribution >= 0.6 is 15.9 Å². The molecule has 6 heteroatoms. The summed E-state index contributed by atoms with van der Waals surface area (Å²) in [5, 5.41) is 3.17. The molecule has 1 N–H and O–H groups in total. The summed E-state index contributed by atoms with van der Waals surface area (Å²) < 4.78 is 2.81. The molecule has 0 radical (unpaired) electrons. The molecule has 2 rings (SSSR count). The predicted molar refractivity (Wildman–Crippen MR) is 60.3 cm³/mol. The Labute approximate surface area is 95.7 Å². The Kier molecular flexibility index (Phi) is 2.96. The van der Waals surface area contributed by atoms with Gasteiger partial charge in [0.05, 0.1) is 11.0 Å². The van der Waals surface area contributed by atoms with E-state index in [9.17, 15) is 0 Å². The molecule has 0 amide bonds.